The van der Waals surface area contributed by atoms with E-state index in [1.807, 2.05) is 12.2 Å². The normalized spacial score (nSPS) is 29.7. The van der Waals surface area contributed by atoms with Gasteiger partial charge in [-0.25, -0.2) is 0 Å². The van der Waals surface area contributed by atoms with E-state index in [2.05, 4.69) is 5.32 Å². The molecule has 2 aliphatic rings. The molecule has 2 rings (SSSR count). The molecule has 0 aromatic rings. The molecule has 0 radical (unpaired) electrons. The molecule has 17 heavy (non-hydrogen) atoms. The number of carbonyl (C=O) groups is 2. The van der Waals surface area contributed by atoms with Crippen LogP contribution in [0.25, 0.3) is 0 Å². The van der Waals surface area contributed by atoms with Crippen LogP contribution in [0.4, 0.5) is 0 Å². The first kappa shape index (κ1) is 12.1. The quantitative estimate of drug-likeness (QED) is 0.618. The highest BCUT2D eigenvalue weighted by Crippen LogP contribution is 2.35. The van der Waals surface area contributed by atoms with Gasteiger partial charge in [-0.3, -0.25) is 9.59 Å². The molecule has 1 fully saturated rings. The molecule has 5 heteroatoms. The van der Waals surface area contributed by atoms with E-state index >= 15 is 0 Å². The lowest BCUT2D eigenvalue weighted by atomic mass is 9.74. The SMILES string of the molecule is NC1C=CC(C(=O)NC2(CC(=O)O)CCC2)C1. The fourth-order valence-corrected chi connectivity index (χ4v) is 2.51. The van der Waals surface area contributed by atoms with Gasteiger partial charge in [-0.1, -0.05) is 12.2 Å². The number of nitrogens with two attached hydrogens (primary N) is 1. The fourth-order valence-electron chi connectivity index (χ4n) is 2.51. The monoisotopic (exact) mass is 238 g/mol. The minimum absolute atomic E-state index is 0.0151. The van der Waals surface area contributed by atoms with Gasteiger partial charge in [0, 0.05) is 6.04 Å². The van der Waals surface area contributed by atoms with E-state index < -0.39 is 11.5 Å². The lowest BCUT2D eigenvalue weighted by molar-refractivity contribution is -0.140. The topological polar surface area (TPSA) is 92.4 Å². The van der Waals surface area contributed by atoms with Crippen molar-refractivity contribution in [3.63, 3.8) is 0 Å². The standard InChI is InChI=1S/C12H18N2O3/c13-9-3-2-8(6-9)11(17)14-12(4-1-5-12)7-10(15)16/h2-3,8-9H,1,4-7,13H2,(H,14,17)(H,15,16). The van der Waals surface area contributed by atoms with Crippen LogP contribution in [0.2, 0.25) is 0 Å². The lowest BCUT2D eigenvalue weighted by Crippen LogP contribution is -2.55. The maximum absolute atomic E-state index is 12.0. The van der Waals surface area contributed by atoms with Gasteiger partial charge < -0.3 is 16.2 Å². The Morgan fingerprint density at radius 2 is 2.12 bits per heavy atom. The molecule has 0 aromatic heterocycles. The molecule has 0 aliphatic heterocycles. The number of carboxylic acid groups (broad SMARTS) is 1. The summed E-state index contributed by atoms with van der Waals surface area (Å²) in [6.45, 7) is 0. The van der Waals surface area contributed by atoms with Crippen LogP contribution in [-0.4, -0.2) is 28.6 Å². The van der Waals surface area contributed by atoms with Crippen molar-refractivity contribution in [2.24, 2.45) is 11.7 Å². The maximum atomic E-state index is 12.0. The van der Waals surface area contributed by atoms with E-state index in [1.165, 1.54) is 0 Å². The molecule has 4 N–H and O–H groups in total. The van der Waals surface area contributed by atoms with Gasteiger partial charge in [0.05, 0.1) is 17.9 Å². The zero-order valence-electron chi connectivity index (χ0n) is 9.69. The zero-order valence-corrected chi connectivity index (χ0v) is 9.69. The van der Waals surface area contributed by atoms with Crippen molar-refractivity contribution in [3.05, 3.63) is 12.2 Å². The Kier molecular flexibility index (Phi) is 3.19. The van der Waals surface area contributed by atoms with Crippen LogP contribution in [-0.2, 0) is 9.59 Å². The summed E-state index contributed by atoms with van der Waals surface area (Å²) in [5.41, 5.74) is 5.18. The Labute approximate surface area is 100 Å². The molecule has 94 valence electrons. The molecular weight excluding hydrogens is 220 g/mol. The molecule has 0 saturated heterocycles. The highest BCUT2D eigenvalue weighted by molar-refractivity contribution is 5.83. The van der Waals surface area contributed by atoms with E-state index in [1.54, 1.807) is 0 Å². The third-order valence-corrected chi connectivity index (χ3v) is 3.64. The summed E-state index contributed by atoms with van der Waals surface area (Å²) in [5.74, 6) is -1.14. The van der Waals surface area contributed by atoms with Crippen LogP contribution >= 0.6 is 0 Å². The molecule has 2 atom stereocenters. The Hall–Kier alpha value is -1.36. The molecule has 1 amide bonds. The average Bonchev–Trinajstić information content (AvgIpc) is 2.60. The van der Waals surface area contributed by atoms with Crippen LogP contribution in [0.3, 0.4) is 0 Å². The molecule has 1 saturated carbocycles. The third kappa shape index (κ3) is 2.66. The number of hydrogen-bond donors (Lipinski definition) is 3. The van der Waals surface area contributed by atoms with Crippen molar-refractivity contribution in [2.75, 3.05) is 0 Å². The van der Waals surface area contributed by atoms with Gasteiger partial charge in [0.15, 0.2) is 0 Å². The van der Waals surface area contributed by atoms with Crippen molar-refractivity contribution in [3.8, 4) is 0 Å². The molecule has 2 aliphatic carbocycles. The minimum atomic E-state index is -0.858. The first-order valence-electron chi connectivity index (χ1n) is 5.98. The highest BCUT2D eigenvalue weighted by atomic mass is 16.4. The molecule has 2 unspecified atom stereocenters. The van der Waals surface area contributed by atoms with Crippen LogP contribution in [0.15, 0.2) is 12.2 Å². The summed E-state index contributed by atoms with van der Waals surface area (Å²) in [6, 6.07) is -0.0532. The van der Waals surface area contributed by atoms with Crippen molar-refractivity contribution in [1.82, 2.24) is 5.32 Å². The Bertz CT molecular complexity index is 361. The Morgan fingerprint density at radius 1 is 1.41 bits per heavy atom. The van der Waals surface area contributed by atoms with Crippen LogP contribution < -0.4 is 11.1 Å². The Morgan fingerprint density at radius 3 is 2.53 bits per heavy atom. The summed E-state index contributed by atoms with van der Waals surface area (Å²) < 4.78 is 0. The summed E-state index contributed by atoms with van der Waals surface area (Å²) in [7, 11) is 0. The molecular formula is C12H18N2O3. The van der Waals surface area contributed by atoms with Gasteiger partial charge in [-0.2, -0.15) is 0 Å². The minimum Gasteiger partial charge on any atom is -0.481 e. The predicted molar refractivity (Wildman–Crippen MR) is 62.2 cm³/mol. The number of carbonyl (C=O) groups excluding carboxylic acids is 1. The van der Waals surface area contributed by atoms with E-state index in [9.17, 15) is 9.59 Å². The second-order valence-electron chi connectivity index (χ2n) is 5.08. The molecule has 0 heterocycles. The maximum Gasteiger partial charge on any atom is 0.305 e. The molecule has 0 spiro atoms. The lowest BCUT2D eigenvalue weighted by Gasteiger charge is -2.42. The second kappa shape index (κ2) is 4.49. The summed E-state index contributed by atoms with van der Waals surface area (Å²) in [5, 5.41) is 11.7. The number of hydrogen-bond acceptors (Lipinski definition) is 3. The van der Waals surface area contributed by atoms with Crippen molar-refractivity contribution in [2.45, 2.75) is 43.7 Å². The fraction of sp³-hybridized carbons (Fsp3) is 0.667. The van der Waals surface area contributed by atoms with E-state index in [0.29, 0.717) is 6.42 Å². The van der Waals surface area contributed by atoms with Crippen LogP contribution in [0.1, 0.15) is 32.1 Å². The van der Waals surface area contributed by atoms with Gasteiger partial charge in [0.25, 0.3) is 0 Å². The second-order valence-corrected chi connectivity index (χ2v) is 5.08. The summed E-state index contributed by atoms with van der Waals surface area (Å²) in [6.07, 6.45) is 6.77. The predicted octanol–water partition coefficient (Wildman–Crippen LogP) is 0.403. The van der Waals surface area contributed by atoms with E-state index in [4.69, 9.17) is 10.8 Å². The van der Waals surface area contributed by atoms with Gasteiger partial charge >= 0.3 is 5.97 Å². The largest absolute Gasteiger partial charge is 0.481 e. The smallest absolute Gasteiger partial charge is 0.305 e. The number of carboxylic acids is 1. The van der Waals surface area contributed by atoms with Crippen molar-refractivity contribution in [1.29, 1.82) is 0 Å². The van der Waals surface area contributed by atoms with Gasteiger partial charge in [-0.15, -0.1) is 0 Å². The van der Waals surface area contributed by atoms with Gasteiger partial charge in [0.2, 0.25) is 5.91 Å². The summed E-state index contributed by atoms with van der Waals surface area (Å²) >= 11 is 0. The zero-order chi connectivity index (χ0) is 12.5. The average molecular weight is 238 g/mol. The number of nitrogens with one attached hydrogen (secondary N) is 1. The van der Waals surface area contributed by atoms with Crippen molar-refractivity contribution < 1.29 is 14.7 Å². The third-order valence-electron chi connectivity index (χ3n) is 3.64. The molecule has 0 aromatic carbocycles. The number of aliphatic carboxylic acids is 1. The molecule has 0 bridgehead atoms. The van der Waals surface area contributed by atoms with E-state index in [0.717, 1.165) is 19.3 Å². The number of amides is 1. The van der Waals surface area contributed by atoms with Gasteiger partial charge in [0.1, 0.15) is 0 Å². The first-order valence-corrected chi connectivity index (χ1v) is 5.98. The first-order chi connectivity index (χ1) is 8.01. The summed E-state index contributed by atoms with van der Waals surface area (Å²) in [4.78, 5) is 22.7. The van der Waals surface area contributed by atoms with Gasteiger partial charge in [-0.05, 0) is 25.7 Å². The highest BCUT2D eigenvalue weighted by Gasteiger charge is 2.41. The Balaban J connectivity index is 1.93. The number of rotatable bonds is 4. The van der Waals surface area contributed by atoms with Crippen LogP contribution in [0, 0.1) is 5.92 Å². The van der Waals surface area contributed by atoms with E-state index in [-0.39, 0.29) is 24.3 Å². The van der Waals surface area contributed by atoms with Crippen molar-refractivity contribution >= 4 is 11.9 Å². The molecule has 5 nitrogen and oxygen atoms in total. The van der Waals surface area contributed by atoms with Crippen LogP contribution in [0.5, 0.6) is 0 Å².